The van der Waals surface area contributed by atoms with Gasteiger partial charge in [-0.05, 0) is 43.2 Å². The molecule has 3 fully saturated rings. The van der Waals surface area contributed by atoms with Gasteiger partial charge in [-0.3, -0.25) is 19.6 Å². The number of benzene rings is 1. The summed E-state index contributed by atoms with van der Waals surface area (Å²) in [5, 5.41) is 6.88. The molecule has 0 bridgehead atoms. The van der Waals surface area contributed by atoms with E-state index < -0.39 is 29.7 Å². The molecular weight excluding hydrogens is 504 g/mol. The van der Waals surface area contributed by atoms with Gasteiger partial charge in [0.2, 0.25) is 11.6 Å². The molecule has 0 atom stereocenters. The highest BCUT2D eigenvalue weighted by molar-refractivity contribution is 6.00. The van der Waals surface area contributed by atoms with E-state index in [0.717, 1.165) is 13.1 Å². The zero-order chi connectivity index (χ0) is 26.4. The zero-order valence-electron chi connectivity index (χ0n) is 20.4. The number of rotatable bonds is 8. The number of hydrogen-bond acceptors (Lipinski definition) is 7. The van der Waals surface area contributed by atoms with Crippen LogP contribution < -0.4 is 4.90 Å². The summed E-state index contributed by atoms with van der Waals surface area (Å²) in [6.45, 7) is 1.68. The lowest BCUT2D eigenvalue weighted by molar-refractivity contribution is -0.152. The average Bonchev–Trinajstić information content (AvgIpc) is 3.32. The summed E-state index contributed by atoms with van der Waals surface area (Å²) in [5.74, 6) is -2.23. The average molecular weight is 531 g/mol. The Labute approximate surface area is 216 Å². The van der Waals surface area contributed by atoms with Crippen LogP contribution in [0.5, 0.6) is 0 Å². The van der Waals surface area contributed by atoms with Crippen LogP contribution in [0.2, 0.25) is 0 Å². The van der Waals surface area contributed by atoms with E-state index in [1.165, 1.54) is 54.6 Å². The number of pyridine rings is 1. The van der Waals surface area contributed by atoms with Crippen LogP contribution in [0.3, 0.4) is 0 Å². The number of amides is 1. The first-order valence-corrected chi connectivity index (χ1v) is 12.6. The Balaban J connectivity index is 1.15. The Morgan fingerprint density at radius 1 is 1.11 bits per heavy atom. The molecule has 2 saturated heterocycles. The van der Waals surface area contributed by atoms with E-state index in [1.807, 2.05) is 4.90 Å². The van der Waals surface area contributed by atoms with Crippen molar-refractivity contribution in [3.05, 3.63) is 60.0 Å². The zero-order valence-corrected chi connectivity index (χ0v) is 20.4. The normalized spacial score (nSPS) is 20.1. The van der Waals surface area contributed by atoms with Crippen molar-refractivity contribution in [1.29, 1.82) is 0 Å². The number of nitrogens with zero attached hydrogens (tertiary/aromatic N) is 6. The standard InChI is InChI=1S/C26H26F4N6O2/c27-17-3-1-6-20(9-17)36(11-18-8-7-16(10-31-18)23-32-33-24(38-23)22(28)29)25(37)26(30)14-35(15-26)21-12-34(13-21)19-4-2-5-19/h1,3,6-10,19,21-22H,2,4-5,11-15H2. The third kappa shape index (κ3) is 4.66. The van der Waals surface area contributed by atoms with Gasteiger partial charge in [0.15, 0.2) is 0 Å². The summed E-state index contributed by atoms with van der Waals surface area (Å²) in [6, 6.07) is 9.40. The second kappa shape index (κ2) is 9.73. The number of anilines is 1. The van der Waals surface area contributed by atoms with Crippen LogP contribution in [0.1, 0.15) is 37.3 Å². The molecule has 1 aromatic carbocycles. The molecule has 0 spiro atoms. The van der Waals surface area contributed by atoms with Crippen LogP contribution in [0.15, 0.2) is 47.0 Å². The number of aromatic nitrogens is 3. The lowest BCUT2D eigenvalue weighted by atomic mass is 9.85. The van der Waals surface area contributed by atoms with E-state index in [2.05, 4.69) is 20.1 Å². The predicted molar refractivity (Wildman–Crippen MR) is 128 cm³/mol. The van der Waals surface area contributed by atoms with Gasteiger partial charge in [0, 0.05) is 50.1 Å². The molecule has 200 valence electrons. The van der Waals surface area contributed by atoms with Crippen molar-refractivity contribution in [2.24, 2.45) is 0 Å². The monoisotopic (exact) mass is 530 g/mol. The van der Waals surface area contributed by atoms with E-state index in [0.29, 0.717) is 17.3 Å². The second-order valence-corrected chi connectivity index (χ2v) is 10.2. The fourth-order valence-electron chi connectivity index (χ4n) is 5.17. The maximum Gasteiger partial charge on any atom is 0.314 e. The molecule has 6 rings (SSSR count). The van der Waals surface area contributed by atoms with Crippen molar-refractivity contribution in [3.63, 3.8) is 0 Å². The Bertz CT molecular complexity index is 1300. The molecule has 2 aliphatic heterocycles. The third-order valence-corrected chi connectivity index (χ3v) is 7.67. The van der Waals surface area contributed by atoms with Gasteiger partial charge >= 0.3 is 6.43 Å². The first-order chi connectivity index (χ1) is 18.3. The Kier molecular flexibility index (Phi) is 6.39. The van der Waals surface area contributed by atoms with Crippen molar-refractivity contribution < 1.29 is 26.8 Å². The maximum absolute atomic E-state index is 15.8. The van der Waals surface area contributed by atoms with Crippen LogP contribution in [0.4, 0.5) is 23.2 Å². The molecular formula is C26H26F4N6O2. The number of likely N-dealkylation sites (tertiary alicyclic amines) is 2. The van der Waals surface area contributed by atoms with Crippen molar-refractivity contribution >= 4 is 11.6 Å². The number of hydrogen-bond donors (Lipinski definition) is 0. The van der Waals surface area contributed by atoms with Crippen LogP contribution >= 0.6 is 0 Å². The van der Waals surface area contributed by atoms with Gasteiger partial charge in [-0.1, -0.05) is 12.5 Å². The first-order valence-electron chi connectivity index (χ1n) is 12.6. The minimum absolute atomic E-state index is 0.00315. The molecule has 8 nitrogen and oxygen atoms in total. The van der Waals surface area contributed by atoms with Crippen LogP contribution in [0.25, 0.3) is 11.5 Å². The number of halogens is 4. The van der Waals surface area contributed by atoms with Crippen molar-refractivity contribution in [3.8, 4) is 11.5 Å². The fraction of sp³-hybridized carbons (Fsp3) is 0.462. The molecule has 1 saturated carbocycles. The highest BCUT2D eigenvalue weighted by Crippen LogP contribution is 2.37. The number of alkyl halides is 3. The van der Waals surface area contributed by atoms with Gasteiger partial charge < -0.3 is 9.32 Å². The minimum atomic E-state index is -2.89. The van der Waals surface area contributed by atoms with E-state index >= 15 is 4.39 Å². The highest BCUT2D eigenvalue weighted by atomic mass is 19.3. The molecule has 1 aliphatic carbocycles. The van der Waals surface area contributed by atoms with Gasteiger partial charge in [0.25, 0.3) is 11.8 Å². The Morgan fingerprint density at radius 2 is 1.89 bits per heavy atom. The van der Waals surface area contributed by atoms with Crippen LogP contribution in [-0.4, -0.2) is 74.8 Å². The summed E-state index contributed by atoms with van der Waals surface area (Å²) < 4.78 is 60.3. The van der Waals surface area contributed by atoms with Crippen molar-refractivity contribution in [2.75, 3.05) is 31.1 Å². The number of carbonyl (C=O) groups is 1. The van der Waals surface area contributed by atoms with E-state index in [-0.39, 0.29) is 37.3 Å². The van der Waals surface area contributed by atoms with Gasteiger partial charge in [-0.25, -0.2) is 8.78 Å². The summed E-state index contributed by atoms with van der Waals surface area (Å²) in [6.07, 6.45) is 2.16. The molecule has 0 radical (unpaired) electrons. The van der Waals surface area contributed by atoms with Crippen molar-refractivity contribution in [2.45, 2.75) is 50.0 Å². The summed E-state index contributed by atoms with van der Waals surface area (Å²) in [4.78, 5) is 23.4. The van der Waals surface area contributed by atoms with Crippen molar-refractivity contribution in [1.82, 2.24) is 25.0 Å². The minimum Gasteiger partial charge on any atom is -0.415 e. The summed E-state index contributed by atoms with van der Waals surface area (Å²) in [5.41, 5.74) is -1.17. The Hall–Kier alpha value is -3.38. The van der Waals surface area contributed by atoms with Crippen LogP contribution in [0, 0.1) is 5.82 Å². The molecule has 1 amide bonds. The second-order valence-electron chi connectivity index (χ2n) is 10.2. The topological polar surface area (TPSA) is 78.6 Å². The molecule has 0 N–H and O–H groups in total. The van der Waals surface area contributed by atoms with E-state index in [4.69, 9.17) is 4.42 Å². The molecule has 38 heavy (non-hydrogen) atoms. The highest BCUT2D eigenvalue weighted by Gasteiger charge is 2.55. The third-order valence-electron chi connectivity index (χ3n) is 7.67. The van der Waals surface area contributed by atoms with E-state index in [9.17, 15) is 18.0 Å². The molecule has 2 aromatic heterocycles. The van der Waals surface area contributed by atoms with Gasteiger partial charge in [-0.15, -0.1) is 10.2 Å². The van der Waals surface area contributed by atoms with Gasteiger partial charge in [-0.2, -0.15) is 8.78 Å². The van der Waals surface area contributed by atoms with E-state index in [1.54, 1.807) is 12.1 Å². The molecule has 4 heterocycles. The quantitative estimate of drug-likeness (QED) is 0.408. The summed E-state index contributed by atoms with van der Waals surface area (Å²) >= 11 is 0. The molecule has 0 unspecified atom stereocenters. The summed E-state index contributed by atoms with van der Waals surface area (Å²) in [7, 11) is 0. The number of carbonyl (C=O) groups excluding carboxylic acids is 1. The predicted octanol–water partition coefficient (Wildman–Crippen LogP) is 4.00. The SMILES string of the molecule is O=C(N(Cc1ccc(-c2nnc(C(F)F)o2)cn1)c1cccc(F)c1)C1(F)CN(C2CN(C3CCC3)C2)C1. The maximum atomic E-state index is 15.8. The first kappa shape index (κ1) is 24.9. The smallest absolute Gasteiger partial charge is 0.314 e. The van der Waals surface area contributed by atoms with Crippen LogP contribution in [-0.2, 0) is 11.3 Å². The molecule has 3 aliphatic rings. The lowest BCUT2D eigenvalue weighted by Crippen LogP contribution is -2.74. The molecule has 12 heteroatoms. The Morgan fingerprint density at radius 3 is 2.50 bits per heavy atom. The van der Waals surface area contributed by atoms with Gasteiger partial charge in [0.1, 0.15) is 5.82 Å². The largest absolute Gasteiger partial charge is 0.415 e. The fourth-order valence-corrected chi connectivity index (χ4v) is 5.17. The van der Waals surface area contributed by atoms with Gasteiger partial charge in [0.05, 0.1) is 17.8 Å². The molecule has 3 aromatic rings. The lowest BCUT2D eigenvalue weighted by Gasteiger charge is -2.56.